The lowest BCUT2D eigenvalue weighted by molar-refractivity contribution is 0.417. The van der Waals surface area contributed by atoms with Gasteiger partial charge in [-0.3, -0.25) is 0 Å². The van der Waals surface area contributed by atoms with E-state index < -0.39 is 0 Å². The molecule has 0 spiro atoms. The van der Waals surface area contributed by atoms with Crippen LogP contribution in [0.3, 0.4) is 0 Å². The molecule has 3 heteroatoms. The Kier molecular flexibility index (Phi) is 2.34. The van der Waals surface area contributed by atoms with E-state index in [4.69, 9.17) is 10.7 Å². The van der Waals surface area contributed by atoms with Crippen LogP contribution in [0.15, 0.2) is 0 Å². The number of nitrogens with two attached hydrogens (primary N) is 1. The van der Waals surface area contributed by atoms with Crippen LogP contribution in [0.4, 0.5) is 0 Å². The number of hydrogen-bond acceptors (Lipinski definition) is 3. The Labute approximate surface area is 107 Å². The molecule has 3 aliphatic rings. The zero-order valence-electron chi connectivity index (χ0n) is 10.2. The molecule has 2 bridgehead atoms. The maximum absolute atomic E-state index is 6.18. The van der Waals surface area contributed by atoms with Crippen molar-refractivity contribution >= 4 is 11.3 Å². The second-order valence-corrected chi connectivity index (χ2v) is 7.26. The van der Waals surface area contributed by atoms with Gasteiger partial charge in [0.2, 0.25) is 0 Å². The molecule has 17 heavy (non-hydrogen) atoms. The molecule has 0 aliphatic heterocycles. The minimum absolute atomic E-state index is 0.224. The van der Waals surface area contributed by atoms with E-state index in [0.717, 1.165) is 24.2 Å². The molecule has 2 saturated carbocycles. The van der Waals surface area contributed by atoms with E-state index in [9.17, 15) is 0 Å². The highest BCUT2D eigenvalue weighted by atomic mass is 32.1. The normalized spacial score (nSPS) is 39.6. The van der Waals surface area contributed by atoms with Crippen LogP contribution >= 0.6 is 11.3 Å². The van der Waals surface area contributed by atoms with E-state index in [-0.39, 0.29) is 6.04 Å². The molecule has 0 amide bonds. The van der Waals surface area contributed by atoms with Crippen molar-refractivity contribution in [2.24, 2.45) is 17.6 Å². The molecular formula is C14H20N2S. The largest absolute Gasteiger partial charge is 0.323 e. The van der Waals surface area contributed by atoms with Gasteiger partial charge in [0.05, 0.1) is 10.7 Å². The molecule has 2 fully saturated rings. The third-order valence-electron chi connectivity index (χ3n) is 5.07. The van der Waals surface area contributed by atoms with Crippen LogP contribution < -0.4 is 5.73 Å². The number of aromatic nitrogens is 1. The Bertz CT molecular complexity index is 439. The highest BCUT2D eigenvalue weighted by Crippen LogP contribution is 2.54. The molecule has 3 aliphatic carbocycles. The van der Waals surface area contributed by atoms with Crippen LogP contribution in [-0.4, -0.2) is 4.98 Å². The highest BCUT2D eigenvalue weighted by Gasteiger charge is 2.42. The first-order valence-corrected chi connectivity index (χ1v) is 7.88. The summed E-state index contributed by atoms with van der Waals surface area (Å²) in [5.41, 5.74) is 7.43. The van der Waals surface area contributed by atoms with Gasteiger partial charge >= 0.3 is 0 Å². The lowest BCUT2D eigenvalue weighted by atomic mass is 9.89. The van der Waals surface area contributed by atoms with Gasteiger partial charge in [-0.2, -0.15) is 0 Å². The number of nitrogens with zero attached hydrogens (tertiary/aromatic N) is 1. The van der Waals surface area contributed by atoms with Gasteiger partial charge < -0.3 is 5.73 Å². The van der Waals surface area contributed by atoms with Crippen LogP contribution in [0, 0.1) is 11.8 Å². The van der Waals surface area contributed by atoms with Crippen molar-refractivity contribution in [3.05, 3.63) is 15.6 Å². The molecule has 0 radical (unpaired) electrons. The minimum Gasteiger partial charge on any atom is -0.323 e. The summed E-state index contributed by atoms with van der Waals surface area (Å²) in [5.74, 6) is 2.75. The lowest BCUT2D eigenvalue weighted by Crippen LogP contribution is -2.16. The highest BCUT2D eigenvalue weighted by molar-refractivity contribution is 7.11. The Balaban J connectivity index is 1.66. The predicted octanol–water partition coefficient (Wildman–Crippen LogP) is 3.38. The average molecular weight is 248 g/mol. The molecule has 1 heterocycles. The van der Waals surface area contributed by atoms with Crippen molar-refractivity contribution in [2.75, 3.05) is 0 Å². The first-order chi connectivity index (χ1) is 8.31. The Morgan fingerprint density at radius 3 is 2.82 bits per heavy atom. The molecule has 4 rings (SSSR count). The van der Waals surface area contributed by atoms with Gasteiger partial charge in [0, 0.05) is 16.8 Å². The minimum atomic E-state index is 0.224. The smallest absolute Gasteiger partial charge is 0.0965 e. The van der Waals surface area contributed by atoms with Gasteiger partial charge in [-0.15, -0.1) is 11.3 Å². The van der Waals surface area contributed by atoms with Crippen molar-refractivity contribution < 1.29 is 0 Å². The summed E-state index contributed by atoms with van der Waals surface area (Å²) < 4.78 is 0. The SMILES string of the molecule is NC1CCCc2sc(C3CC4CCC3C4)nc21. The number of rotatable bonds is 1. The van der Waals surface area contributed by atoms with E-state index in [0.29, 0.717) is 0 Å². The van der Waals surface area contributed by atoms with E-state index in [1.165, 1.54) is 54.1 Å². The summed E-state index contributed by atoms with van der Waals surface area (Å²) >= 11 is 1.98. The van der Waals surface area contributed by atoms with Crippen molar-refractivity contribution in [3.8, 4) is 0 Å². The Morgan fingerprint density at radius 2 is 2.12 bits per heavy atom. The Morgan fingerprint density at radius 1 is 1.18 bits per heavy atom. The van der Waals surface area contributed by atoms with Crippen LogP contribution in [0.2, 0.25) is 0 Å². The predicted molar refractivity (Wildman–Crippen MR) is 70.2 cm³/mol. The number of thiazole rings is 1. The number of aryl methyl sites for hydroxylation is 1. The third-order valence-corrected chi connectivity index (χ3v) is 6.33. The standard InChI is InChI=1S/C14H20N2S/c15-11-2-1-3-12-13(11)16-14(17-12)10-7-8-4-5-9(10)6-8/h8-11H,1-7,15H2. The fraction of sp³-hybridized carbons (Fsp3) is 0.786. The molecule has 4 atom stereocenters. The first kappa shape index (κ1) is 10.5. The monoisotopic (exact) mass is 248 g/mol. The van der Waals surface area contributed by atoms with Gasteiger partial charge in [-0.05, 0) is 50.4 Å². The number of fused-ring (bicyclic) bond motifs is 3. The van der Waals surface area contributed by atoms with Crippen molar-refractivity contribution in [1.29, 1.82) is 0 Å². The zero-order chi connectivity index (χ0) is 11.4. The number of hydrogen-bond donors (Lipinski definition) is 1. The van der Waals surface area contributed by atoms with Gasteiger partial charge in [0.25, 0.3) is 0 Å². The molecule has 1 aromatic heterocycles. The Hall–Kier alpha value is -0.410. The molecule has 0 saturated heterocycles. The molecule has 2 nitrogen and oxygen atoms in total. The van der Waals surface area contributed by atoms with Crippen molar-refractivity contribution in [1.82, 2.24) is 4.98 Å². The average Bonchev–Trinajstić information content (AvgIpc) is 3.03. The summed E-state index contributed by atoms with van der Waals surface area (Å²) in [7, 11) is 0. The van der Waals surface area contributed by atoms with Crippen molar-refractivity contribution in [3.63, 3.8) is 0 Å². The second kappa shape index (κ2) is 3.79. The fourth-order valence-electron chi connectivity index (χ4n) is 4.18. The van der Waals surface area contributed by atoms with Crippen LogP contribution in [0.1, 0.15) is 66.1 Å². The molecule has 92 valence electrons. The molecule has 0 aromatic carbocycles. The quantitative estimate of drug-likeness (QED) is 0.827. The van der Waals surface area contributed by atoms with Crippen molar-refractivity contribution in [2.45, 2.75) is 56.9 Å². The third kappa shape index (κ3) is 1.59. The summed E-state index contributed by atoms with van der Waals surface area (Å²) in [6.45, 7) is 0. The van der Waals surface area contributed by atoms with Crippen LogP contribution in [0.25, 0.3) is 0 Å². The van der Waals surface area contributed by atoms with Crippen LogP contribution in [0.5, 0.6) is 0 Å². The van der Waals surface area contributed by atoms with Gasteiger partial charge in [-0.25, -0.2) is 4.98 Å². The molecular weight excluding hydrogens is 228 g/mol. The topological polar surface area (TPSA) is 38.9 Å². The maximum atomic E-state index is 6.18. The van der Waals surface area contributed by atoms with E-state index >= 15 is 0 Å². The molecule has 4 unspecified atom stereocenters. The van der Waals surface area contributed by atoms with Gasteiger partial charge in [0.15, 0.2) is 0 Å². The summed E-state index contributed by atoms with van der Waals surface area (Å²) in [4.78, 5) is 6.43. The zero-order valence-corrected chi connectivity index (χ0v) is 11.0. The van der Waals surface area contributed by atoms with E-state index in [1.54, 1.807) is 0 Å². The molecule has 2 N–H and O–H groups in total. The van der Waals surface area contributed by atoms with E-state index in [1.807, 2.05) is 11.3 Å². The second-order valence-electron chi connectivity index (χ2n) is 6.14. The maximum Gasteiger partial charge on any atom is 0.0965 e. The summed E-state index contributed by atoms with van der Waals surface area (Å²) in [6, 6.07) is 0.224. The summed E-state index contributed by atoms with van der Waals surface area (Å²) in [6.07, 6.45) is 9.42. The van der Waals surface area contributed by atoms with Gasteiger partial charge in [-0.1, -0.05) is 6.42 Å². The van der Waals surface area contributed by atoms with E-state index in [2.05, 4.69) is 0 Å². The summed E-state index contributed by atoms with van der Waals surface area (Å²) in [5, 5.41) is 1.43. The molecule has 1 aromatic rings. The van der Waals surface area contributed by atoms with Crippen LogP contribution in [-0.2, 0) is 6.42 Å². The van der Waals surface area contributed by atoms with Gasteiger partial charge in [0.1, 0.15) is 0 Å². The first-order valence-electron chi connectivity index (χ1n) is 7.06. The lowest BCUT2D eigenvalue weighted by Gasteiger charge is -2.19. The fourth-order valence-corrected chi connectivity index (χ4v) is 5.56.